The first-order valence-corrected chi connectivity index (χ1v) is 12.8. The molecule has 182 valence electrons. The number of rotatable bonds is 4. The Kier molecular flexibility index (Phi) is 5.45. The minimum atomic E-state index is -0.226. The van der Waals surface area contributed by atoms with E-state index in [1.807, 2.05) is 12.3 Å². The zero-order valence-corrected chi connectivity index (χ0v) is 22.0. The molecule has 3 heteroatoms. The molecule has 0 spiro atoms. The highest BCUT2D eigenvalue weighted by Gasteiger charge is 2.26. The van der Waals surface area contributed by atoms with Gasteiger partial charge in [-0.25, -0.2) is 4.98 Å². The van der Waals surface area contributed by atoms with E-state index in [0.29, 0.717) is 0 Å². The van der Waals surface area contributed by atoms with Gasteiger partial charge in [-0.05, 0) is 85.0 Å². The van der Waals surface area contributed by atoms with Crippen molar-refractivity contribution in [3.63, 3.8) is 0 Å². The van der Waals surface area contributed by atoms with Gasteiger partial charge in [0.1, 0.15) is 11.1 Å². The van der Waals surface area contributed by atoms with Gasteiger partial charge in [-0.2, -0.15) is 0 Å². The van der Waals surface area contributed by atoms with Gasteiger partial charge < -0.3 is 4.42 Å². The summed E-state index contributed by atoms with van der Waals surface area (Å²) in [6.45, 7) is 10.9. The fourth-order valence-corrected chi connectivity index (χ4v) is 5.59. The van der Waals surface area contributed by atoms with Crippen LogP contribution in [-0.2, 0) is 5.41 Å². The van der Waals surface area contributed by atoms with E-state index in [0.717, 1.165) is 44.6 Å². The maximum atomic E-state index is 6.42. The number of pyridine rings is 2. The van der Waals surface area contributed by atoms with E-state index in [4.69, 9.17) is 14.4 Å². The molecule has 0 bridgehead atoms. The van der Waals surface area contributed by atoms with E-state index in [1.165, 1.54) is 27.8 Å². The molecule has 0 amide bonds. The molecule has 0 N–H and O–H groups in total. The number of aromatic nitrogens is 2. The van der Waals surface area contributed by atoms with Crippen molar-refractivity contribution in [1.82, 2.24) is 9.97 Å². The van der Waals surface area contributed by atoms with Crippen molar-refractivity contribution in [2.45, 2.75) is 40.0 Å². The van der Waals surface area contributed by atoms with E-state index in [1.54, 1.807) is 0 Å². The van der Waals surface area contributed by atoms with Crippen molar-refractivity contribution in [3.05, 3.63) is 119 Å². The molecule has 0 aliphatic carbocycles. The minimum absolute atomic E-state index is 0.226. The van der Waals surface area contributed by atoms with Crippen molar-refractivity contribution in [1.29, 1.82) is 0 Å². The molecule has 0 saturated carbocycles. The first kappa shape index (κ1) is 23.2. The average molecular weight is 483 g/mol. The first-order valence-electron chi connectivity index (χ1n) is 12.8. The van der Waals surface area contributed by atoms with Crippen LogP contribution < -0.4 is 0 Å². The fourth-order valence-electron chi connectivity index (χ4n) is 5.59. The van der Waals surface area contributed by atoms with Gasteiger partial charge in [-0.3, -0.25) is 4.98 Å². The van der Waals surface area contributed by atoms with Crippen LogP contribution in [0.2, 0.25) is 0 Å². The number of fused-ring (bicyclic) bond motifs is 3. The van der Waals surface area contributed by atoms with E-state index in [9.17, 15) is 0 Å². The molecule has 0 aliphatic heterocycles. The third kappa shape index (κ3) is 3.92. The van der Waals surface area contributed by atoms with Crippen LogP contribution in [0.3, 0.4) is 0 Å². The third-order valence-electron chi connectivity index (χ3n) is 7.48. The van der Waals surface area contributed by atoms with Crippen molar-refractivity contribution in [3.8, 4) is 22.4 Å². The first-order chi connectivity index (χ1) is 17.8. The maximum Gasteiger partial charge on any atom is 0.153 e. The second-order valence-corrected chi connectivity index (χ2v) is 10.5. The van der Waals surface area contributed by atoms with Gasteiger partial charge in [-0.1, -0.05) is 67.9 Å². The number of hydrogen-bond acceptors (Lipinski definition) is 3. The maximum absolute atomic E-state index is 6.42. The number of hydrogen-bond donors (Lipinski definition) is 0. The van der Waals surface area contributed by atoms with Gasteiger partial charge >= 0.3 is 0 Å². The number of para-hydroxylation sites is 1. The molecule has 37 heavy (non-hydrogen) atoms. The Hall–Kier alpha value is -4.24. The molecule has 0 fully saturated rings. The second-order valence-electron chi connectivity index (χ2n) is 10.5. The van der Waals surface area contributed by atoms with Gasteiger partial charge in [0.05, 0.1) is 11.4 Å². The summed E-state index contributed by atoms with van der Waals surface area (Å²) in [6.07, 6.45) is 1.89. The van der Waals surface area contributed by atoms with Crippen molar-refractivity contribution in [2.24, 2.45) is 0 Å². The Labute approximate surface area is 217 Å². The van der Waals surface area contributed by atoms with Crippen LogP contribution in [0.15, 0.2) is 95.5 Å². The van der Waals surface area contributed by atoms with Crippen LogP contribution in [0.4, 0.5) is 0 Å². The Balaban J connectivity index is 1.49. The summed E-state index contributed by atoms with van der Waals surface area (Å²) in [5, 5.41) is 1.01. The van der Waals surface area contributed by atoms with Crippen molar-refractivity contribution >= 4 is 22.1 Å². The van der Waals surface area contributed by atoms with Crippen molar-refractivity contribution < 1.29 is 4.42 Å². The zero-order valence-electron chi connectivity index (χ0n) is 22.0. The lowest BCUT2D eigenvalue weighted by atomic mass is 9.81. The second kappa shape index (κ2) is 8.70. The quantitative estimate of drug-likeness (QED) is 0.252. The Morgan fingerprint density at radius 1 is 0.757 bits per heavy atom. The summed E-state index contributed by atoms with van der Waals surface area (Å²) < 4.78 is 6.42. The minimum Gasteiger partial charge on any atom is -0.454 e. The normalized spacial score (nSPS) is 11.9. The van der Waals surface area contributed by atoms with Gasteiger partial charge in [0.2, 0.25) is 0 Å². The van der Waals surface area contributed by atoms with E-state index < -0.39 is 0 Å². The van der Waals surface area contributed by atoms with Gasteiger partial charge in [0.15, 0.2) is 5.58 Å². The molecule has 3 nitrogen and oxygen atoms in total. The summed E-state index contributed by atoms with van der Waals surface area (Å²) in [5.41, 5.74) is 12.6. The van der Waals surface area contributed by atoms with Gasteiger partial charge in [-0.15, -0.1) is 0 Å². The van der Waals surface area contributed by atoms with Gasteiger partial charge in [0.25, 0.3) is 0 Å². The summed E-state index contributed by atoms with van der Waals surface area (Å²) in [5.74, 6) is 0. The fraction of sp³-hybridized carbons (Fsp3) is 0.176. The van der Waals surface area contributed by atoms with Crippen LogP contribution in [0.1, 0.15) is 41.8 Å². The number of aryl methyl sites for hydroxylation is 3. The summed E-state index contributed by atoms with van der Waals surface area (Å²) in [6, 6.07) is 29.6. The molecule has 0 unspecified atom stereocenters. The van der Waals surface area contributed by atoms with Crippen LogP contribution >= 0.6 is 0 Å². The number of nitrogens with zero attached hydrogens (tertiary/aromatic N) is 2. The van der Waals surface area contributed by atoms with E-state index in [2.05, 4.69) is 113 Å². The average Bonchev–Trinajstić information content (AvgIpc) is 3.27. The summed E-state index contributed by atoms with van der Waals surface area (Å²) in [7, 11) is 0. The van der Waals surface area contributed by atoms with Gasteiger partial charge in [0, 0.05) is 22.6 Å². The Morgan fingerprint density at radius 2 is 1.51 bits per heavy atom. The molecule has 6 rings (SSSR count). The third-order valence-corrected chi connectivity index (χ3v) is 7.48. The molecular weight excluding hydrogens is 452 g/mol. The number of furan rings is 1. The zero-order chi connectivity index (χ0) is 25.7. The lowest BCUT2D eigenvalue weighted by Crippen LogP contribution is -2.20. The molecular formula is C34H30N2O. The molecule has 0 saturated heterocycles. The number of benzene rings is 3. The lowest BCUT2D eigenvalue weighted by molar-refractivity contribution is 0.617. The standard InChI is InChI=1S/C34H30N2O/c1-21-18-22(2)31(23(3)19-21)24-16-17-35-28(20-24)26-12-9-13-27-32-29(37-33(26)27)14-15-30(36-32)34(4,5)25-10-7-6-8-11-25/h6-20H,1-5H3. The summed E-state index contributed by atoms with van der Waals surface area (Å²) >= 11 is 0. The molecule has 3 aromatic heterocycles. The van der Waals surface area contributed by atoms with Crippen LogP contribution in [0.5, 0.6) is 0 Å². The SMILES string of the molecule is Cc1cc(C)c(-c2ccnc(-c3cccc4c3oc3ccc(C(C)(C)c5ccccc5)nc34)c2)c(C)c1. The smallest absolute Gasteiger partial charge is 0.153 e. The molecule has 0 aliphatic rings. The highest BCUT2D eigenvalue weighted by Crippen LogP contribution is 2.38. The predicted octanol–water partition coefficient (Wildman–Crippen LogP) is 8.96. The summed E-state index contributed by atoms with van der Waals surface area (Å²) in [4.78, 5) is 9.88. The van der Waals surface area contributed by atoms with E-state index >= 15 is 0 Å². The van der Waals surface area contributed by atoms with Crippen molar-refractivity contribution in [2.75, 3.05) is 0 Å². The molecule has 3 aromatic carbocycles. The highest BCUT2D eigenvalue weighted by atomic mass is 16.3. The topological polar surface area (TPSA) is 38.9 Å². The lowest BCUT2D eigenvalue weighted by Gasteiger charge is -2.24. The van der Waals surface area contributed by atoms with Crippen LogP contribution in [0.25, 0.3) is 44.5 Å². The molecule has 6 aromatic rings. The molecule has 0 atom stereocenters. The van der Waals surface area contributed by atoms with Crippen LogP contribution in [0, 0.1) is 20.8 Å². The predicted molar refractivity (Wildman–Crippen MR) is 153 cm³/mol. The van der Waals surface area contributed by atoms with Crippen LogP contribution in [-0.4, -0.2) is 9.97 Å². The van der Waals surface area contributed by atoms with E-state index in [-0.39, 0.29) is 5.41 Å². The molecule has 0 radical (unpaired) electrons. The molecule has 3 heterocycles. The highest BCUT2D eigenvalue weighted by molar-refractivity contribution is 6.07. The Morgan fingerprint density at radius 3 is 2.27 bits per heavy atom. The monoisotopic (exact) mass is 482 g/mol. The Bertz CT molecular complexity index is 1750. The largest absolute Gasteiger partial charge is 0.454 e.